The lowest BCUT2D eigenvalue weighted by Gasteiger charge is -2.03. The molecule has 0 aliphatic heterocycles. The number of rotatable bonds is 2. The van der Waals surface area contributed by atoms with Gasteiger partial charge in [-0.3, -0.25) is 4.79 Å². The summed E-state index contributed by atoms with van der Waals surface area (Å²) in [6, 6.07) is 5.01. The Labute approximate surface area is 122 Å². The van der Waals surface area contributed by atoms with E-state index in [1.807, 2.05) is 0 Å². The molecule has 6 nitrogen and oxygen atoms in total. The normalized spacial score (nSPS) is 9.62. The first-order valence-electron chi connectivity index (χ1n) is 6.20. The molecule has 0 saturated carbocycles. The zero-order valence-electron chi connectivity index (χ0n) is 11.4. The van der Waals surface area contributed by atoms with Gasteiger partial charge in [0.15, 0.2) is 0 Å². The lowest BCUT2D eigenvalue weighted by atomic mass is 10.2. The van der Waals surface area contributed by atoms with Gasteiger partial charge in [-0.1, -0.05) is 5.92 Å². The van der Waals surface area contributed by atoms with Crippen LogP contribution in [0.3, 0.4) is 0 Å². The van der Waals surface area contributed by atoms with E-state index in [-0.39, 0.29) is 12.5 Å². The van der Waals surface area contributed by atoms with Crippen molar-refractivity contribution in [3.8, 4) is 11.8 Å². The number of amides is 1. The maximum atomic E-state index is 11.0. The molecule has 21 heavy (non-hydrogen) atoms. The summed E-state index contributed by atoms with van der Waals surface area (Å²) in [6.45, 7) is 1.25. The van der Waals surface area contributed by atoms with Gasteiger partial charge in [0.2, 0.25) is 5.91 Å². The van der Waals surface area contributed by atoms with Gasteiger partial charge >= 0.3 is 0 Å². The van der Waals surface area contributed by atoms with Gasteiger partial charge in [-0.2, -0.15) is 0 Å². The second kappa shape index (κ2) is 6.50. The van der Waals surface area contributed by atoms with Crippen LogP contribution in [0.2, 0.25) is 0 Å². The molecule has 0 fully saturated rings. The molecule has 1 amide bonds. The molecule has 0 bridgehead atoms. The Morgan fingerprint density at radius 1 is 1.33 bits per heavy atom. The predicted octanol–water partition coefficient (Wildman–Crippen LogP) is 0.909. The molecule has 0 spiro atoms. The van der Waals surface area contributed by atoms with E-state index in [9.17, 15) is 4.79 Å². The van der Waals surface area contributed by atoms with E-state index >= 15 is 0 Å². The molecule has 0 aliphatic carbocycles. The van der Waals surface area contributed by atoms with E-state index < -0.39 is 0 Å². The van der Waals surface area contributed by atoms with E-state index in [1.165, 1.54) is 6.92 Å². The number of nitrogens with one attached hydrogen (secondary N) is 1. The molecule has 2 aromatic heterocycles. The Morgan fingerprint density at radius 3 is 2.81 bits per heavy atom. The van der Waals surface area contributed by atoms with Crippen LogP contribution in [0.15, 0.2) is 30.6 Å². The summed E-state index contributed by atoms with van der Waals surface area (Å²) < 4.78 is 0. The Hall–Kier alpha value is -2.91. The molecule has 0 atom stereocenters. The molecule has 2 aromatic rings. The highest BCUT2D eigenvalue weighted by molar-refractivity contribution is 5.87. The lowest BCUT2D eigenvalue weighted by molar-refractivity contribution is -0.114. The molecular weight excluding hydrogens is 268 g/mol. The van der Waals surface area contributed by atoms with E-state index in [0.29, 0.717) is 28.3 Å². The fourth-order valence-electron chi connectivity index (χ4n) is 1.64. The smallest absolute Gasteiger partial charge is 0.222 e. The highest BCUT2D eigenvalue weighted by Gasteiger charge is 2.03. The largest absolute Gasteiger partial charge is 0.396 e. The van der Waals surface area contributed by atoms with Gasteiger partial charge in [0.1, 0.15) is 11.5 Å². The summed E-state index contributed by atoms with van der Waals surface area (Å²) in [5.74, 6) is 5.98. The first-order chi connectivity index (χ1) is 10.1. The molecule has 0 radical (unpaired) electrons. The average molecular weight is 282 g/mol. The van der Waals surface area contributed by atoms with Crippen LogP contribution in [-0.4, -0.2) is 21.0 Å². The van der Waals surface area contributed by atoms with Crippen LogP contribution in [-0.2, 0) is 11.4 Å². The lowest BCUT2D eigenvalue weighted by Crippen LogP contribution is -2.07. The summed E-state index contributed by atoms with van der Waals surface area (Å²) in [4.78, 5) is 19.1. The van der Waals surface area contributed by atoms with E-state index in [2.05, 4.69) is 27.1 Å². The summed E-state index contributed by atoms with van der Waals surface area (Å²) in [5.41, 5.74) is 7.88. The monoisotopic (exact) mass is 282 g/mol. The Balaban J connectivity index is 2.29. The van der Waals surface area contributed by atoms with Crippen LogP contribution in [0.5, 0.6) is 0 Å². The number of nitrogen functional groups attached to an aromatic ring is 1. The molecule has 0 aromatic carbocycles. The number of carbonyl (C=O) groups is 1. The maximum absolute atomic E-state index is 11.0. The minimum absolute atomic E-state index is 0.162. The van der Waals surface area contributed by atoms with Crippen LogP contribution >= 0.6 is 0 Å². The van der Waals surface area contributed by atoms with Gasteiger partial charge in [0.25, 0.3) is 0 Å². The molecule has 106 valence electrons. The Bertz CT molecular complexity index is 732. The minimum Gasteiger partial charge on any atom is -0.396 e. The number of aliphatic hydroxyl groups is 1. The SMILES string of the molecule is CC(=O)Nc1cc(C#Cc2nccc(CO)c2N)ccn1. The van der Waals surface area contributed by atoms with Crippen LogP contribution in [0.4, 0.5) is 11.5 Å². The van der Waals surface area contributed by atoms with Gasteiger partial charge in [0.05, 0.1) is 12.3 Å². The van der Waals surface area contributed by atoms with Crippen molar-refractivity contribution in [2.45, 2.75) is 13.5 Å². The second-order valence-corrected chi connectivity index (χ2v) is 4.25. The van der Waals surface area contributed by atoms with Crippen molar-refractivity contribution in [3.05, 3.63) is 47.4 Å². The van der Waals surface area contributed by atoms with Gasteiger partial charge in [-0.15, -0.1) is 0 Å². The summed E-state index contributed by atoms with van der Waals surface area (Å²) in [5, 5.41) is 11.7. The molecule has 4 N–H and O–H groups in total. The summed E-state index contributed by atoms with van der Waals surface area (Å²) >= 11 is 0. The van der Waals surface area contributed by atoms with Crippen molar-refractivity contribution in [3.63, 3.8) is 0 Å². The van der Waals surface area contributed by atoms with Gasteiger partial charge < -0.3 is 16.2 Å². The van der Waals surface area contributed by atoms with Crippen LogP contribution in [0.25, 0.3) is 0 Å². The third kappa shape index (κ3) is 3.78. The van der Waals surface area contributed by atoms with Gasteiger partial charge in [0, 0.05) is 30.4 Å². The molecule has 0 unspecified atom stereocenters. The number of aliphatic hydroxyl groups excluding tert-OH is 1. The van der Waals surface area contributed by atoms with E-state index in [0.717, 1.165) is 0 Å². The van der Waals surface area contributed by atoms with Crippen molar-refractivity contribution in [2.75, 3.05) is 11.1 Å². The predicted molar refractivity (Wildman–Crippen MR) is 79.1 cm³/mol. The number of nitrogens with two attached hydrogens (primary N) is 1. The Morgan fingerprint density at radius 2 is 2.10 bits per heavy atom. The molecule has 0 aliphatic rings. The molecule has 2 heterocycles. The van der Waals surface area contributed by atoms with Crippen molar-refractivity contribution in [1.82, 2.24) is 9.97 Å². The van der Waals surface area contributed by atoms with Gasteiger partial charge in [-0.05, 0) is 24.1 Å². The molecule has 6 heteroatoms. The zero-order chi connectivity index (χ0) is 15.2. The quantitative estimate of drug-likeness (QED) is 0.711. The standard InChI is InChI=1S/C15H14N4O2/c1-10(21)19-14-8-11(4-6-18-14)2-3-13-15(16)12(9-20)5-7-17-13/h4-8,20H,9,16H2,1H3,(H,18,19,21). The number of carbonyl (C=O) groups excluding carboxylic acids is 1. The molecule has 2 rings (SSSR count). The van der Waals surface area contributed by atoms with Crippen LogP contribution in [0, 0.1) is 11.8 Å². The fraction of sp³-hybridized carbons (Fsp3) is 0.133. The van der Waals surface area contributed by atoms with E-state index in [1.54, 1.807) is 30.6 Å². The van der Waals surface area contributed by atoms with Crippen molar-refractivity contribution in [2.24, 2.45) is 0 Å². The average Bonchev–Trinajstić information content (AvgIpc) is 2.46. The summed E-state index contributed by atoms with van der Waals surface area (Å²) in [7, 11) is 0. The third-order valence-electron chi connectivity index (χ3n) is 2.64. The first-order valence-corrected chi connectivity index (χ1v) is 6.20. The number of aromatic nitrogens is 2. The number of pyridine rings is 2. The number of hydrogen-bond donors (Lipinski definition) is 3. The van der Waals surface area contributed by atoms with Crippen LogP contribution < -0.4 is 11.1 Å². The van der Waals surface area contributed by atoms with Gasteiger partial charge in [-0.25, -0.2) is 9.97 Å². The zero-order valence-corrected chi connectivity index (χ0v) is 11.4. The first kappa shape index (κ1) is 14.5. The fourth-order valence-corrected chi connectivity index (χ4v) is 1.64. The molecular formula is C15H14N4O2. The highest BCUT2D eigenvalue weighted by Crippen LogP contribution is 2.14. The van der Waals surface area contributed by atoms with Crippen molar-refractivity contribution < 1.29 is 9.90 Å². The number of nitrogens with zero attached hydrogens (tertiary/aromatic N) is 2. The second-order valence-electron chi connectivity index (χ2n) is 4.25. The highest BCUT2D eigenvalue weighted by atomic mass is 16.3. The Kier molecular flexibility index (Phi) is 4.49. The van der Waals surface area contributed by atoms with E-state index in [4.69, 9.17) is 10.8 Å². The summed E-state index contributed by atoms with van der Waals surface area (Å²) in [6.07, 6.45) is 3.09. The van der Waals surface area contributed by atoms with Crippen LogP contribution in [0.1, 0.15) is 23.7 Å². The molecule has 0 saturated heterocycles. The number of anilines is 2. The third-order valence-corrected chi connectivity index (χ3v) is 2.64. The number of hydrogen-bond acceptors (Lipinski definition) is 5. The van der Waals surface area contributed by atoms with Crippen molar-refractivity contribution >= 4 is 17.4 Å². The topological polar surface area (TPSA) is 101 Å². The minimum atomic E-state index is -0.200. The van der Waals surface area contributed by atoms with Crippen molar-refractivity contribution in [1.29, 1.82) is 0 Å². The maximum Gasteiger partial charge on any atom is 0.222 e.